The first-order chi connectivity index (χ1) is 16.8. The monoisotopic (exact) mass is 494 g/mol. The minimum atomic E-state index is -0.457. The Morgan fingerprint density at radius 1 is 1.17 bits per heavy atom. The van der Waals surface area contributed by atoms with Crippen molar-refractivity contribution < 1.29 is 14.6 Å². The average molecular weight is 495 g/mol. The Bertz CT molecular complexity index is 990. The quantitative estimate of drug-likeness (QED) is 0.134. The maximum atomic E-state index is 13.1. The second kappa shape index (κ2) is 14.1. The molecule has 0 bridgehead atoms. The highest BCUT2D eigenvalue weighted by molar-refractivity contribution is 6.09. The van der Waals surface area contributed by atoms with Crippen molar-refractivity contribution in [3.8, 4) is 0 Å². The lowest BCUT2D eigenvalue weighted by molar-refractivity contribution is -0.118. The molecule has 36 heavy (non-hydrogen) atoms. The molecule has 0 radical (unpaired) electrons. The number of benzene rings is 1. The van der Waals surface area contributed by atoms with E-state index >= 15 is 0 Å². The zero-order valence-corrected chi connectivity index (χ0v) is 23.5. The zero-order valence-electron chi connectivity index (χ0n) is 23.5. The van der Waals surface area contributed by atoms with Crippen molar-refractivity contribution in [2.45, 2.75) is 86.7 Å². The van der Waals surface area contributed by atoms with Gasteiger partial charge >= 0.3 is 0 Å². The van der Waals surface area contributed by atoms with Gasteiger partial charge in [-0.2, -0.15) is 0 Å². The average Bonchev–Trinajstić information content (AvgIpc) is 3.68. The first kappa shape index (κ1) is 31.2. The van der Waals surface area contributed by atoms with Crippen LogP contribution in [0, 0.1) is 28.6 Å². The SMILES string of the molecule is C=C/C(=C(C(=O)C(C)CC)\C(=C/C)CC)c1ccc(C(=N)OC(C)=N)cc1.CC(C1CC1)C(C)(C)O. The van der Waals surface area contributed by atoms with Crippen molar-refractivity contribution in [3.63, 3.8) is 0 Å². The maximum Gasteiger partial charge on any atom is 0.220 e. The normalized spacial score (nSPS) is 16.1. The fourth-order valence-electron chi connectivity index (χ4n) is 3.97. The minimum Gasteiger partial charge on any atom is -0.426 e. The second-order valence-corrected chi connectivity index (χ2v) is 10.2. The highest BCUT2D eigenvalue weighted by Gasteiger charge is 2.36. The lowest BCUT2D eigenvalue weighted by Gasteiger charge is -2.25. The summed E-state index contributed by atoms with van der Waals surface area (Å²) in [6.45, 7) is 19.3. The van der Waals surface area contributed by atoms with E-state index in [4.69, 9.17) is 15.6 Å². The summed E-state index contributed by atoms with van der Waals surface area (Å²) >= 11 is 0. The summed E-state index contributed by atoms with van der Waals surface area (Å²) in [5, 5.41) is 24.7. The van der Waals surface area contributed by atoms with Crippen molar-refractivity contribution in [1.29, 1.82) is 10.8 Å². The molecule has 5 heteroatoms. The summed E-state index contributed by atoms with van der Waals surface area (Å²) in [4.78, 5) is 13.1. The zero-order chi connectivity index (χ0) is 27.6. The van der Waals surface area contributed by atoms with Gasteiger partial charge in [0.2, 0.25) is 5.90 Å². The lowest BCUT2D eigenvalue weighted by Crippen LogP contribution is -2.29. The molecule has 1 aliphatic carbocycles. The van der Waals surface area contributed by atoms with Crippen LogP contribution in [0.3, 0.4) is 0 Å². The van der Waals surface area contributed by atoms with Gasteiger partial charge in [0.25, 0.3) is 0 Å². The van der Waals surface area contributed by atoms with E-state index in [1.54, 1.807) is 18.2 Å². The molecule has 1 fully saturated rings. The summed E-state index contributed by atoms with van der Waals surface area (Å²) in [5.41, 5.74) is 3.52. The third-order valence-electron chi connectivity index (χ3n) is 6.99. The number of carbonyl (C=O) groups excluding carboxylic acids is 1. The van der Waals surface area contributed by atoms with Crippen LogP contribution in [0.15, 0.2) is 54.1 Å². The van der Waals surface area contributed by atoms with Gasteiger partial charge in [0.15, 0.2) is 11.7 Å². The van der Waals surface area contributed by atoms with Gasteiger partial charge in [-0.15, -0.1) is 0 Å². The van der Waals surface area contributed by atoms with Crippen molar-refractivity contribution >= 4 is 23.2 Å². The Morgan fingerprint density at radius 3 is 2.03 bits per heavy atom. The molecule has 3 N–H and O–H groups in total. The largest absolute Gasteiger partial charge is 0.426 e. The van der Waals surface area contributed by atoms with Crippen LogP contribution >= 0.6 is 0 Å². The number of ether oxygens (including phenoxy) is 1. The molecular weight excluding hydrogens is 448 g/mol. The van der Waals surface area contributed by atoms with E-state index in [2.05, 4.69) is 13.5 Å². The molecule has 2 unspecified atom stereocenters. The van der Waals surface area contributed by atoms with Crippen LogP contribution in [0.25, 0.3) is 5.57 Å². The molecule has 0 aliphatic heterocycles. The summed E-state index contributed by atoms with van der Waals surface area (Å²) < 4.78 is 5.04. The Balaban J connectivity index is 0.000000600. The smallest absolute Gasteiger partial charge is 0.220 e. The van der Waals surface area contributed by atoms with Gasteiger partial charge in [-0.3, -0.25) is 15.6 Å². The van der Waals surface area contributed by atoms with Gasteiger partial charge in [-0.25, -0.2) is 0 Å². The highest BCUT2D eigenvalue weighted by atomic mass is 16.5. The minimum absolute atomic E-state index is 0.0298. The Morgan fingerprint density at radius 2 is 1.69 bits per heavy atom. The van der Waals surface area contributed by atoms with E-state index in [-0.39, 0.29) is 23.5 Å². The summed E-state index contributed by atoms with van der Waals surface area (Å²) in [7, 11) is 0. The van der Waals surface area contributed by atoms with E-state index in [1.165, 1.54) is 19.8 Å². The van der Waals surface area contributed by atoms with Crippen LogP contribution in [-0.4, -0.2) is 28.3 Å². The van der Waals surface area contributed by atoms with E-state index in [1.807, 2.05) is 59.8 Å². The Kier molecular flexibility index (Phi) is 12.2. The molecule has 1 saturated carbocycles. The number of carbonyl (C=O) groups is 1. The summed E-state index contributed by atoms with van der Waals surface area (Å²) in [5.74, 6) is 1.26. The molecule has 1 aliphatic rings. The Labute approximate surface area is 218 Å². The number of nitrogens with one attached hydrogen (secondary N) is 2. The van der Waals surface area contributed by atoms with Crippen LogP contribution in [0.1, 0.15) is 92.2 Å². The number of Topliss-reactive ketones (excluding diaryl/α,β-unsaturated/α-hetero) is 1. The number of rotatable bonds is 10. The van der Waals surface area contributed by atoms with Crippen LogP contribution in [0.4, 0.5) is 0 Å². The third kappa shape index (κ3) is 9.02. The molecule has 1 aromatic rings. The van der Waals surface area contributed by atoms with Gasteiger partial charge < -0.3 is 9.84 Å². The molecule has 2 rings (SSSR count). The molecule has 0 saturated heterocycles. The van der Waals surface area contributed by atoms with Gasteiger partial charge in [0, 0.05) is 24.0 Å². The molecule has 198 valence electrons. The first-order valence-corrected chi connectivity index (χ1v) is 13.0. The maximum absolute atomic E-state index is 13.1. The van der Waals surface area contributed by atoms with E-state index in [0.717, 1.165) is 41.0 Å². The van der Waals surface area contributed by atoms with Crippen molar-refractivity contribution in [2.24, 2.45) is 17.8 Å². The number of hydrogen-bond donors (Lipinski definition) is 3. The molecule has 0 aromatic heterocycles. The number of ketones is 1. The van der Waals surface area contributed by atoms with Crippen LogP contribution in [0.2, 0.25) is 0 Å². The Hall–Kier alpha value is -2.79. The van der Waals surface area contributed by atoms with Gasteiger partial charge in [0.05, 0.1) is 5.60 Å². The predicted octanol–water partition coefficient (Wildman–Crippen LogP) is 7.74. The number of hydrogen-bond acceptors (Lipinski definition) is 5. The second-order valence-electron chi connectivity index (χ2n) is 10.2. The fraction of sp³-hybridized carbons (Fsp3) is 0.516. The number of allylic oxidation sites excluding steroid dienone is 5. The van der Waals surface area contributed by atoms with E-state index in [9.17, 15) is 9.90 Å². The standard InChI is InChI=1S/C23H30N2O2.C8H16O/c1-7-15(5)22(26)21(17(8-2)9-3)20(10-4)18-11-13-19(14-12-18)23(25)27-16(6)24;1-6(7-4-5-7)8(2,3)9/h8,10-15,24-25H,4,7,9H2,1-3,5-6H3;6-7,9H,4-5H2,1-3H3/b17-8-,21-20-,24-16?,25-23?;. The van der Waals surface area contributed by atoms with Gasteiger partial charge in [-0.1, -0.05) is 58.6 Å². The number of aliphatic hydroxyl groups is 1. The lowest BCUT2D eigenvalue weighted by atomic mass is 9.85. The fourth-order valence-corrected chi connectivity index (χ4v) is 3.97. The molecule has 0 spiro atoms. The summed E-state index contributed by atoms with van der Waals surface area (Å²) in [6, 6.07) is 7.24. The van der Waals surface area contributed by atoms with E-state index in [0.29, 0.717) is 11.5 Å². The predicted molar refractivity (Wildman–Crippen MR) is 152 cm³/mol. The topological polar surface area (TPSA) is 94.2 Å². The molecule has 1 aromatic carbocycles. The molecule has 2 atom stereocenters. The van der Waals surface area contributed by atoms with Crippen LogP contribution in [-0.2, 0) is 9.53 Å². The molecule has 0 amide bonds. The highest BCUT2D eigenvalue weighted by Crippen LogP contribution is 2.41. The van der Waals surface area contributed by atoms with Crippen molar-refractivity contribution in [1.82, 2.24) is 0 Å². The van der Waals surface area contributed by atoms with Crippen LogP contribution in [0.5, 0.6) is 0 Å². The first-order valence-electron chi connectivity index (χ1n) is 13.0. The van der Waals surface area contributed by atoms with Crippen molar-refractivity contribution in [2.75, 3.05) is 0 Å². The van der Waals surface area contributed by atoms with Gasteiger partial charge in [0.1, 0.15) is 0 Å². The van der Waals surface area contributed by atoms with E-state index < -0.39 is 5.60 Å². The molecular formula is C31H46N2O3. The van der Waals surface area contributed by atoms with Gasteiger partial charge in [-0.05, 0) is 87.1 Å². The summed E-state index contributed by atoms with van der Waals surface area (Å²) in [6.07, 6.45) is 7.91. The van der Waals surface area contributed by atoms with Crippen LogP contribution < -0.4 is 0 Å². The third-order valence-corrected chi connectivity index (χ3v) is 6.99. The van der Waals surface area contributed by atoms with Crippen molar-refractivity contribution in [3.05, 3.63) is 65.3 Å². The molecule has 5 nitrogen and oxygen atoms in total. The molecule has 0 heterocycles.